The number of amides is 1. The molecule has 0 saturated heterocycles. The van der Waals surface area contributed by atoms with E-state index in [2.05, 4.69) is 41.8 Å². The summed E-state index contributed by atoms with van der Waals surface area (Å²) in [4.78, 5) is 11.2. The van der Waals surface area contributed by atoms with E-state index >= 15 is 0 Å². The first kappa shape index (κ1) is 14.5. The molecule has 84 valence electrons. The van der Waals surface area contributed by atoms with Crippen LogP contribution in [0.15, 0.2) is 0 Å². The molecule has 2 N–H and O–H groups in total. The molecule has 0 aliphatic carbocycles. The minimum absolute atomic E-state index is 0.0596. The molecule has 14 heavy (non-hydrogen) atoms. The Morgan fingerprint density at radius 3 is 2.71 bits per heavy atom. The Bertz CT molecular complexity index is 167. The third-order valence-corrected chi connectivity index (χ3v) is 3.53. The number of thioether (sulfide) groups is 1. The van der Waals surface area contributed by atoms with Gasteiger partial charge in [0.05, 0.1) is 11.9 Å². The zero-order valence-corrected chi connectivity index (χ0v) is 11.6. The highest BCUT2D eigenvalue weighted by atomic mass is 127. The van der Waals surface area contributed by atoms with Crippen molar-refractivity contribution >= 4 is 40.3 Å². The molecule has 0 aromatic heterocycles. The number of rotatable bonds is 7. The van der Waals surface area contributed by atoms with Gasteiger partial charge in [-0.05, 0) is 5.92 Å². The molecule has 3 nitrogen and oxygen atoms in total. The first-order valence-corrected chi connectivity index (χ1v) is 7.32. The van der Waals surface area contributed by atoms with Crippen LogP contribution in [0.4, 0.5) is 0 Å². The van der Waals surface area contributed by atoms with Crippen LogP contribution < -0.4 is 5.32 Å². The molecule has 1 atom stereocenters. The summed E-state index contributed by atoms with van der Waals surface area (Å²) < 4.78 is 0.721. The largest absolute Gasteiger partial charge is 0.391 e. The van der Waals surface area contributed by atoms with Crippen molar-refractivity contribution in [3.63, 3.8) is 0 Å². The van der Waals surface area contributed by atoms with E-state index in [1.54, 1.807) is 0 Å². The van der Waals surface area contributed by atoms with Gasteiger partial charge in [-0.2, -0.15) is 0 Å². The number of aliphatic hydroxyl groups is 1. The van der Waals surface area contributed by atoms with Crippen molar-refractivity contribution in [2.45, 2.75) is 20.0 Å². The number of hydrogen-bond acceptors (Lipinski definition) is 3. The highest BCUT2D eigenvalue weighted by Gasteiger charge is 2.05. The van der Waals surface area contributed by atoms with Crippen LogP contribution in [-0.2, 0) is 4.79 Å². The molecule has 0 aliphatic heterocycles. The lowest BCUT2D eigenvalue weighted by Gasteiger charge is -2.08. The molecular formula is C9H18INO2S. The molecular weight excluding hydrogens is 313 g/mol. The number of carbonyl (C=O) groups excluding carboxylic acids is 1. The van der Waals surface area contributed by atoms with Crippen LogP contribution in [0.3, 0.4) is 0 Å². The van der Waals surface area contributed by atoms with Crippen LogP contribution in [0.2, 0.25) is 0 Å². The minimum atomic E-state index is -0.293. The first-order valence-electron chi connectivity index (χ1n) is 4.64. The van der Waals surface area contributed by atoms with E-state index in [-0.39, 0.29) is 12.0 Å². The number of hydrogen-bond donors (Lipinski definition) is 2. The normalized spacial score (nSPS) is 12.9. The zero-order chi connectivity index (χ0) is 11.0. The van der Waals surface area contributed by atoms with Crippen molar-refractivity contribution in [1.82, 2.24) is 5.32 Å². The second-order valence-electron chi connectivity index (χ2n) is 3.52. The molecule has 0 aliphatic rings. The van der Waals surface area contributed by atoms with Crippen molar-refractivity contribution in [2.24, 2.45) is 5.92 Å². The molecule has 0 heterocycles. The van der Waals surface area contributed by atoms with Crippen LogP contribution in [-0.4, -0.2) is 39.6 Å². The molecule has 0 rings (SSSR count). The van der Waals surface area contributed by atoms with Crippen molar-refractivity contribution in [3.8, 4) is 0 Å². The van der Waals surface area contributed by atoms with Crippen molar-refractivity contribution in [1.29, 1.82) is 0 Å². The average Bonchev–Trinajstić information content (AvgIpc) is 2.14. The summed E-state index contributed by atoms with van der Waals surface area (Å²) in [6.45, 7) is 4.86. The van der Waals surface area contributed by atoms with Gasteiger partial charge < -0.3 is 10.4 Å². The van der Waals surface area contributed by atoms with Gasteiger partial charge in [-0.1, -0.05) is 36.4 Å². The minimum Gasteiger partial charge on any atom is -0.391 e. The fourth-order valence-corrected chi connectivity index (χ4v) is 2.23. The predicted octanol–water partition coefficient (Wildman–Crippen LogP) is 1.29. The van der Waals surface area contributed by atoms with Gasteiger partial charge in [0.15, 0.2) is 0 Å². The molecule has 0 aromatic carbocycles. The van der Waals surface area contributed by atoms with Crippen molar-refractivity contribution < 1.29 is 9.90 Å². The summed E-state index contributed by atoms with van der Waals surface area (Å²) >= 11 is 3.61. The Labute approximate surface area is 104 Å². The fraction of sp³-hybridized carbons (Fsp3) is 0.889. The monoisotopic (exact) mass is 331 g/mol. The summed E-state index contributed by atoms with van der Waals surface area (Å²) in [6, 6.07) is 0. The second-order valence-corrected chi connectivity index (χ2v) is 5.43. The van der Waals surface area contributed by atoms with Gasteiger partial charge in [0, 0.05) is 16.7 Å². The molecule has 0 radical (unpaired) electrons. The van der Waals surface area contributed by atoms with Gasteiger partial charge >= 0.3 is 0 Å². The van der Waals surface area contributed by atoms with E-state index in [0.717, 1.165) is 11.0 Å². The lowest BCUT2D eigenvalue weighted by molar-refractivity contribution is -0.118. The van der Waals surface area contributed by atoms with Crippen LogP contribution in [0.1, 0.15) is 13.8 Å². The number of aliphatic hydroxyl groups excluding tert-OH is 1. The van der Waals surface area contributed by atoms with Gasteiger partial charge in [0.2, 0.25) is 5.91 Å². The van der Waals surface area contributed by atoms with E-state index in [1.807, 2.05) is 0 Å². The summed E-state index contributed by atoms with van der Waals surface area (Å²) in [7, 11) is 0. The number of halogens is 1. The summed E-state index contributed by atoms with van der Waals surface area (Å²) in [5.41, 5.74) is 0. The highest BCUT2D eigenvalue weighted by Crippen LogP contribution is 2.04. The summed E-state index contributed by atoms with van der Waals surface area (Å²) in [5, 5.41) is 12.1. The quantitative estimate of drug-likeness (QED) is 0.546. The Hall–Kier alpha value is 0.510. The molecule has 5 heteroatoms. The van der Waals surface area contributed by atoms with E-state index in [9.17, 15) is 9.90 Å². The maximum Gasteiger partial charge on any atom is 0.230 e. The molecule has 0 saturated carbocycles. The van der Waals surface area contributed by atoms with Crippen LogP contribution in [0, 0.1) is 5.92 Å². The average molecular weight is 331 g/mol. The maximum atomic E-state index is 11.2. The zero-order valence-electron chi connectivity index (χ0n) is 8.62. The highest BCUT2D eigenvalue weighted by molar-refractivity contribution is 14.1. The first-order chi connectivity index (χ1) is 6.56. The Balaban J connectivity index is 3.35. The lowest BCUT2D eigenvalue weighted by atomic mass is 10.2. The number of nitrogens with one attached hydrogen (secondary N) is 1. The number of carbonyl (C=O) groups is 1. The van der Waals surface area contributed by atoms with Crippen LogP contribution >= 0.6 is 34.4 Å². The molecule has 0 bridgehead atoms. The fourth-order valence-electron chi connectivity index (χ4n) is 0.701. The standard InChI is InChI=1S/C9H18INO2S/c1-7(2)4-11-9(13)6-14-5-8(12)3-10/h7-8,12H,3-6H2,1-2H3,(H,11,13). The SMILES string of the molecule is CC(C)CNC(=O)CSCC(O)CI. The molecule has 0 spiro atoms. The van der Waals surface area contributed by atoms with Crippen LogP contribution in [0.25, 0.3) is 0 Å². The van der Waals surface area contributed by atoms with E-state index < -0.39 is 0 Å². The maximum absolute atomic E-state index is 11.2. The van der Waals surface area contributed by atoms with Crippen molar-refractivity contribution in [2.75, 3.05) is 22.5 Å². The smallest absolute Gasteiger partial charge is 0.230 e. The lowest BCUT2D eigenvalue weighted by Crippen LogP contribution is -2.29. The molecule has 0 aromatic rings. The summed E-state index contributed by atoms with van der Waals surface area (Å²) in [6.07, 6.45) is -0.293. The molecule has 0 fully saturated rings. The van der Waals surface area contributed by atoms with E-state index in [1.165, 1.54) is 11.8 Å². The second kappa shape index (κ2) is 8.79. The topological polar surface area (TPSA) is 49.3 Å². The van der Waals surface area contributed by atoms with Crippen LogP contribution in [0.5, 0.6) is 0 Å². The van der Waals surface area contributed by atoms with Gasteiger partial charge in [0.1, 0.15) is 0 Å². The van der Waals surface area contributed by atoms with E-state index in [0.29, 0.717) is 17.4 Å². The van der Waals surface area contributed by atoms with Gasteiger partial charge in [-0.25, -0.2) is 0 Å². The Morgan fingerprint density at radius 2 is 2.21 bits per heavy atom. The van der Waals surface area contributed by atoms with Gasteiger partial charge in [-0.3, -0.25) is 4.79 Å². The summed E-state index contributed by atoms with van der Waals surface area (Å²) in [5.74, 6) is 1.63. The number of alkyl halides is 1. The van der Waals surface area contributed by atoms with Crippen molar-refractivity contribution in [3.05, 3.63) is 0 Å². The third-order valence-electron chi connectivity index (χ3n) is 1.43. The van der Waals surface area contributed by atoms with Gasteiger partial charge in [-0.15, -0.1) is 11.8 Å². The third kappa shape index (κ3) is 9.08. The Morgan fingerprint density at radius 1 is 1.57 bits per heavy atom. The Kier molecular flexibility index (Phi) is 9.11. The molecule has 1 unspecified atom stereocenters. The predicted molar refractivity (Wildman–Crippen MR) is 70.1 cm³/mol. The molecule has 1 amide bonds. The van der Waals surface area contributed by atoms with E-state index in [4.69, 9.17) is 0 Å². The van der Waals surface area contributed by atoms with Gasteiger partial charge in [0.25, 0.3) is 0 Å².